The average molecular weight is 415 g/mol. The Labute approximate surface area is 174 Å². The molecule has 1 aliphatic heterocycles. The van der Waals surface area contributed by atoms with Gasteiger partial charge in [-0.25, -0.2) is 4.79 Å². The highest BCUT2D eigenvalue weighted by Crippen LogP contribution is 2.21. The summed E-state index contributed by atoms with van der Waals surface area (Å²) in [7, 11) is 0. The maximum absolute atomic E-state index is 12.5. The van der Waals surface area contributed by atoms with Gasteiger partial charge in [-0.15, -0.1) is 0 Å². The van der Waals surface area contributed by atoms with Gasteiger partial charge in [-0.3, -0.25) is 9.59 Å². The molecular weight excluding hydrogens is 392 g/mol. The van der Waals surface area contributed by atoms with Crippen LogP contribution in [0.4, 0.5) is 5.69 Å². The lowest BCUT2D eigenvalue weighted by Gasteiger charge is -2.17. The van der Waals surface area contributed by atoms with Gasteiger partial charge in [-0.05, 0) is 55.7 Å². The van der Waals surface area contributed by atoms with Crippen LogP contribution in [0.25, 0.3) is 0 Å². The largest absolute Gasteiger partial charge is 0.449 e. The number of aryl methyl sites for hydroxylation is 1. The fraction of sp³-hybridized carbons (Fsp3) is 0.318. The van der Waals surface area contributed by atoms with Crippen molar-refractivity contribution in [2.24, 2.45) is 0 Å². The molecule has 2 aromatic rings. The smallest absolute Gasteiger partial charge is 0.338 e. The van der Waals surface area contributed by atoms with Crippen molar-refractivity contribution in [3.05, 3.63) is 64.2 Å². The summed E-state index contributed by atoms with van der Waals surface area (Å²) in [4.78, 5) is 38.4. The first-order chi connectivity index (χ1) is 13.8. The number of nitrogens with one attached hydrogen (secondary N) is 1. The molecule has 1 saturated heterocycles. The van der Waals surface area contributed by atoms with Gasteiger partial charge in [-0.2, -0.15) is 0 Å². The molecule has 1 heterocycles. The van der Waals surface area contributed by atoms with Crippen LogP contribution < -0.4 is 5.32 Å². The van der Waals surface area contributed by atoms with Crippen molar-refractivity contribution in [2.45, 2.75) is 39.3 Å². The van der Waals surface area contributed by atoms with Gasteiger partial charge in [0.2, 0.25) is 5.91 Å². The summed E-state index contributed by atoms with van der Waals surface area (Å²) in [5.74, 6) is -0.910. The van der Waals surface area contributed by atoms with Crippen molar-refractivity contribution in [1.82, 2.24) is 4.90 Å². The molecular formula is C22H23ClN2O4. The Balaban J connectivity index is 1.61. The number of amides is 2. The highest BCUT2D eigenvalue weighted by molar-refractivity contribution is 6.31. The van der Waals surface area contributed by atoms with Gasteiger partial charge in [0.15, 0.2) is 6.10 Å². The quantitative estimate of drug-likeness (QED) is 0.726. The van der Waals surface area contributed by atoms with Crippen LogP contribution in [-0.4, -0.2) is 35.3 Å². The SMILES string of the molecule is Cc1ccc(Cl)cc1NC(=O)C(C)OC(=O)c1cccc(CN2CCCC2=O)c1. The minimum atomic E-state index is -0.982. The standard InChI is InChI=1S/C22H23ClN2O4/c1-14-8-9-18(23)12-19(14)24-21(27)15(2)29-22(28)17-6-3-5-16(11-17)13-25-10-4-7-20(25)26/h3,5-6,8-9,11-12,15H,4,7,10,13H2,1-2H3,(H,24,27). The van der Waals surface area contributed by atoms with Crippen LogP contribution in [0.5, 0.6) is 0 Å². The molecule has 6 nitrogen and oxygen atoms in total. The maximum Gasteiger partial charge on any atom is 0.338 e. The third-order valence-corrected chi connectivity index (χ3v) is 5.05. The van der Waals surface area contributed by atoms with Crippen molar-refractivity contribution in [1.29, 1.82) is 0 Å². The number of benzene rings is 2. The second kappa shape index (κ2) is 9.09. The highest BCUT2D eigenvalue weighted by atomic mass is 35.5. The molecule has 1 unspecified atom stereocenters. The molecule has 2 amide bonds. The minimum Gasteiger partial charge on any atom is -0.449 e. The second-order valence-corrected chi connectivity index (χ2v) is 7.55. The van der Waals surface area contributed by atoms with Crippen molar-refractivity contribution in [2.75, 3.05) is 11.9 Å². The Morgan fingerprint density at radius 2 is 2.03 bits per heavy atom. The summed E-state index contributed by atoms with van der Waals surface area (Å²) in [5.41, 5.74) is 2.61. The Kier molecular flexibility index (Phi) is 6.54. The summed E-state index contributed by atoms with van der Waals surface area (Å²) in [6.07, 6.45) is 0.449. The number of ether oxygens (including phenoxy) is 1. The Hall–Kier alpha value is -2.86. The van der Waals surface area contributed by atoms with E-state index >= 15 is 0 Å². The van der Waals surface area contributed by atoms with E-state index in [0.717, 1.165) is 24.1 Å². The summed E-state index contributed by atoms with van der Waals surface area (Å²) in [5, 5.41) is 3.23. The molecule has 29 heavy (non-hydrogen) atoms. The van der Waals surface area contributed by atoms with E-state index in [9.17, 15) is 14.4 Å². The van der Waals surface area contributed by atoms with E-state index in [1.807, 2.05) is 13.0 Å². The number of nitrogens with zero attached hydrogens (tertiary/aromatic N) is 1. The van der Waals surface area contributed by atoms with Gasteiger partial charge in [0.05, 0.1) is 5.56 Å². The van der Waals surface area contributed by atoms with Crippen LogP contribution in [0.3, 0.4) is 0 Å². The number of hydrogen-bond acceptors (Lipinski definition) is 4. The van der Waals surface area contributed by atoms with Gasteiger partial charge in [-0.1, -0.05) is 29.8 Å². The summed E-state index contributed by atoms with van der Waals surface area (Å²) in [6, 6.07) is 12.1. The monoisotopic (exact) mass is 414 g/mol. The molecule has 0 radical (unpaired) electrons. The van der Waals surface area contributed by atoms with Crippen LogP contribution in [0.1, 0.15) is 41.3 Å². The number of halogens is 1. The van der Waals surface area contributed by atoms with E-state index in [1.165, 1.54) is 6.92 Å². The number of likely N-dealkylation sites (tertiary alicyclic amines) is 1. The zero-order valence-electron chi connectivity index (χ0n) is 16.4. The van der Waals surface area contributed by atoms with Crippen molar-refractivity contribution < 1.29 is 19.1 Å². The fourth-order valence-electron chi connectivity index (χ4n) is 3.13. The van der Waals surface area contributed by atoms with Crippen LogP contribution >= 0.6 is 11.6 Å². The molecule has 2 aromatic carbocycles. The van der Waals surface area contributed by atoms with Crippen LogP contribution in [0.15, 0.2) is 42.5 Å². The molecule has 1 aliphatic rings. The Bertz CT molecular complexity index is 944. The molecule has 1 atom stereocenters. The van der Waals surface area contributed by atoms with E-state index in [1.54, 1.807) is 41.3 Å². The zero-order chi connectivity index (χ0) is 21.0. The summed E-state index contributed by atoms with van der Waals surface area (Å²) in [6.45, 7) is 4.55. The molecule has 152 valence electrons. The predicted molar refractivity (Wildman–Crippen MR) is 111 cm³/mol. The third kappa shape index (κ3) is 5.35. The molecule has 3 rings (SSSR count). The van der Waals surface area contributed by atoms with Crippen molar-refractivity contribution in [3.63, 3.8) is 0 Å². The molecule has 1 fully saturated rings. The number of carbonyl (C=O) groups is 3. The van der Waals surface area contributed by atoms with Crippen LogP contribution in [0.2, 0.25) is 5.02 Å². The van der Waals surface area contributed by atoms with Gasteiger partial charge in [0.1, 0.15) is 0 Å². The maximum atomic E-state index is 12.5. The molecule has 1 N–H and O–H groups in total. The van der Waals surface area contributed by atoms with E-state index in [2.05, 4.69) is 5.32 Å². The molecule has 7 heteroatoms. The number of esters is 1. The van der Waals surface area contributed by atoms with Gasteiger partial charge in [0.25, 0.3) is 5.91 Å². The van der Waals surface area contributed by atoms with E-state index in [4.69, 9.17) is 16.3 Å². The number of hydrogen-bond donors (Lipinski definition) is 1. The van der Waals surface area contributed by atoms with Gasteiger partial charge >= 0.3 is 5.97 Å². The van der Waals surface area contributed by atoms with Crippen LogP contribution in [-0.2, 0) is 20.9 Å². The minimum absolute atomic E-state index is 0.125. The highest BCUT2D eigenvalue weighted by Gasteiger charge is 2.22. The first-order valence-corrected chi connectivity index (χ1v) is 9.86. The first-order valence-electron chi connectivity index (χ1n) is 9.48. The Morgan fingerprint density at radius 3 is 2.76 bits per heavy atom. The van der Waals surface area contributed by atoms with Gasteiger partial charge < -0.3 is 15.0 Å². The molecule has 0 saturated carbocycles. The van der Waals surface area contributed by atoms with Gasteiger partial charge in [0, 0.05) is 30.2 Å². The average Bonchev–Trinajstić information content (AvgIpc) is 3.09. The molecule has 0 bridgehead atoms. The summed E-state index contributed by atoms with van der Waals surface area (Å²) < 4.78 is 5.32. The number of carbonyl (C=O) groups excluding carboxylic acids is 3. The van der Waals surface area contributed by atoms with Crippen molar-refractivity contribution in [3.8, 4) is 0 Å². The van der Waals surface area contributed by atoms with E-state index < -0.39 is 18.0 Å². The third-order valence-electron chi connectivity index (χ3n) is 4.82. The van der Waals surface area contributed by atoms with Crippen LogP contribution in [0, 0.1) is 6.92 Å². The lowest BCUT2D eigenvalue weighted by atomic mass is 10.1. The first kappa shape index (κ1) is 20.9. The topological polar surface area (TPSA) is 75.7 Å². The van der Waals surface area contributed by atoms with Crippen molar-refractivity contribution >= 4 is 35.1 Å². The zero-order valence-corrected chi connectivity index (χ0v) is 17.2. The second-order valence-electron chi connectivity index (χ2n) is 7.12. The fourth-order valence-corrected chi connectivity index (χ4v) is 3.31. The molecule has 0 aromatic heterocycles. The Morgan fingerprint density at radius 1 is 1.24 bits per heavy atom. The lowest BCUT2D eigenvalue weighted by Crippen LogP contribution is -2.30. The predicted octanol–water partition coefficient (Wildman–Crippen LogP) is 3.95. The van der Waals surface area contributed by atoms with E-state index in [-0.39, 0.29) is 5.91 Å². The summed E-state index contributed by atoms with van der Waals surface area (Å²) >= 11 is 5.97. The number of anilines is 1. The lowest BCUT2D eigenvalue weighted by molar-refractivity contribution is -0.128. The van der Waals surface area contributed by atoms with E-state index in [0.29, 0.717) is 29.2 Å². The molecule has 0 aliphatic carbocycles. The normalized spacial score (nSPS) is 14.6. The number of rotatable bonds is 6. The molecule has 0 spiro atoms.